The number of benzene rings is 1. The molecule has 3 aromatic heterocycles. The van der Waals surface area contributed by atoms with Gasteiger partial charge in [0.05, 0.1) is 16.8 Å². The Morgan fingerprint density at radius 1 is 1.08 bits per heavy atom. The molecule has 37 heavy (non-hydrogen) atoms. The molecule has 1 aliphatic rings. The van der Waals surface area contributed by atoms with Gasteiger partial charge < -0.3 is 9.47 Å². The highest BCUT2D eigenvalue weighted by molar-refractivity contribution is 9.10. The molecule has 0 radical (unpaired) electrons. The summed E-state index contributed by atoms with van der Waals surface area (Å²) < 4.78 is 13.7. The first kappa shape index (κ1) is 24.9. The largest absolute Gasteiger partial charge is 0.457 e. The van der Waals surface area contributed by atoms with Gasteiger partial charge in [0.15, 0.2) is 0 Å². The molecule has 0 bridgehead atoms. The molecule has 190 valence electrons. The Hall–Kier alpha value is -3.79. The monoisotopic (exact) mass is 563 g/mol. The van der Waals surface area contributed by atoms with E-state index < -0.39 is 11.7 Å². The molecule has 1 atom stereocenters. The molecule has 1 amide bonds. The molecule has 0 N–H and O–H groups in total. The highest BCUT2D eigenvalue weighted by Gasteiger charge is 2.34. The first-order valence-electron chi connectivity index (χ1n) is 11.9. The van der Waals surface area contributed by atoms with E-state index in [1.165, 1.54) is 15.7 Å². The number of ether oxygens (including phenoxy) is 2. The minimum absolute atomic E-state index is 0.143. The summed E-state index contributed by atoms with van der Waals surface area (Å²) in [7, 11) is 0. The van der Waals surface area contributed by atoms with E-state index in [1.807, 2.05) is 52.0 Å². The van der Waals surface area contributed by atoms with Gasteiger partial charge in [-0.25, -0.2) is 24.6 Å². The molecular weight excluding hydrogens is 538 g/mol. The van der Waals surface area contributed by atoms with Crippen molar-refractivity contribution in [1.82, 2.24) is 19.5 Å². The van der Waals surface area contributed by atoms with E-state index in [0.29, 0.717) is 45.8 Å². The van der Waals surface area contributed by atoms with Gasteiger partial charge in [-0.15, -0.1) is 0 Å². The first-order chi connectivity index (χ1) is 17.6. The van der Waals surface area contributed by atoms with Crippen LogP contribution >= 0.6 is 15.9 Å². The van der Waals surface area contributed by atoms with Crippen LogP contribution in [0.5, 0.6) is 11.5 Å². The molecule has 0 fully saturated rings. The summed E-state index contributed by atoms with van der Waals surface area (Å²) in [6, 6.07) is 12.7. The fourth-order valence-corrected chi connectivity index (χ4v) is 4.51. The number of carbonyl (C=O) groups excluding carboxylic acids is 1. The van der Waals surface area contributed by atoms with Crippen molar-refractivity contribution in [3.63, 3.8) is 0 Å². The predicted molar refractivity (Wildman–Crippen MR) is 144 cm³/mol. The van der Waals surface area contributed by atoms with Crippen LogP contribution in [0.2, 0.25) is 0 Å². The zero-order valence-corrected chi connectivity index (χ0v) is 22.5. The third-order valence-corrected chi connectivity index (χ3v) is 6.35. The standard InChI is InChI=1S/C27H26BrN5O4/c1-16-10-12-32-24(34)20(15-30-25(32)33(16)26(35)37-27(2,3)4)22-7-5-17-13-18(6-8-21(17)31-22)36-19-9-11-29-23(28)14-19/h5-9,11,13-16H,10,12H2,1-4H3. The molecular formula is C27H26BrN5O4. The maximum absolute atomic E-state index is 13.5. The van der Waals surface area contributed by atoms with Crippen LogP contribution in [0.3, 0.4) is 0 Å². The van der Waals surface area contributed by atoms with Gasteiger partial charge in [0.2, 0.25) is 5.95 Å². The number of hydrogen-bond donors (Lipinski definition) is 0. The normalized spacial score (nSPS) is 15.4. The van der Waals surface area contributed by atoms with E-state index in [0.717, 1.165) is 5.39 Å². The third kappa shape index (κ3) is 5.20. The summed E-state index contributed by atoms with van der Waals surface area (Å²) in [4.78, 5) is 41.1. The van der Waals surface area contributed by atoms with E-state index in [1.54, 1.807) is 24.4 Å². The van der Waals surface area contributed by atoms with Gasteiger partial charge >= 0.3 is 6.09 Å². The number of fused-ring (bicyclic) bond motifs is 2. The summed E-state index contributed by atoms with van der Waals surface area (Å²) >= 11 is 3.34. The molecule has 10 heteroatoms. The van der Waals surface area contributed by atoms with Crippen molar-refractivity contribution >= 4 is 38.9 Å². The van der Waals surface area contributed by atoms with Crippen LogP contribution in [-0.4, -0.2) is 37.3 Å². The number of amides is 1. The van der Waals surface area contributed by atoms with E-state index >= 15 is 0 Å². The van der Waals surface area contributed by atoms with Crippen molar-refractivity contribution in [2.45, 2.75) is 52.3 Å². The van der Waals surface area contributed by atoms with E-state index in [-0.39, 0.29) is 17.5 Å². The Bertz CT molecular complexity index is 1560. The minimum atomic E-state index is -0.658. The molecule has 9 nitrogen and oxygen atoms in total. The van der Waals surface area contributed by atoms with E-state index in [2.05, 4.69) is 25.9 Å². The molecule has 4 heterocycles. The number of pyridine rings is 2. The zero-order valence-electron chi connectivity index (χ0n) is 20.9. The van der Waals surface area contributed by atoms with Crippen molar-refractivity contribution < 1.29 is 14.3 Å². The average Bonchev–Trinajstić information content (AvgIpc) is 2.83. The number of halogens is 1. The maximum atomic E-state index is 13.5. The highest BCUT2D eigenvalue weighted by Crippen LogP contribution is 2.29. The zero-order chi connectivity index (χ0) is 26.3. The van der Waals surface area contributed by atoms with Gasteiger partial charge in [0.1, 0.15) is 21.7 Å². The van der Waals surface area contributed by atoms with Crippen LogP contribution in [0, 0.1) is 0 Å². The van der Waals surface area contributed by atoms with Crippen molar-refractivity contribution in [1.29, 1.82) is 0 Å². The highest BCUT2D eigenvalue weighted by atomic mass is 79.9. The number of carbonyl (C=O) groups is 1. The number of nitrogens with zero attached hydrogens (tertiary/aromatic N) is 5. The van der Waals surface area contributed by atoms with Crippen molar-refractivity contribution in [3.05, 3.63) is 69.8 Å². The lowest BCUT2D eigenvalue weighted by molar-refractivity contribution is 0.0555. The fourth-order valence-electron chi connectivity index (χ4n) is 4.17. The summed E-state index contributed by atoms with van der Waals surface area (Å²) in [6.45, 7) is 7.80. The first-order valence-corrected chi connectivity index (χ1v) is 12.7. The summed E-state index contributed by atoms with van der Waals surface area (Å²) in [6.07, 6.45) is 3.23. The summed E-state index contributed by atoms with van der Waals surface area (Å²) in [5, 5.41) is 0.866. The van der Waals surface area contributed by atoms with Gasteiger partial charge in [-0.1, -0.05) is 6.07 Å². The van der Waals surface area contributed by atoms with Crippen LogP contribution in [-0.2, 0) is 11.3 Å². The predicted octanol–water partition coefficient (Wildman–Crippen LogP) is 5.94. The lowest BCUT2D eigenvalue weighted by atomic mass is 10.1. The molecule has 4 aromatic rings. The second kappa shape index (κ2) is 9.59. The second-order valence-electron chi connectivity index (χ2n) is 9.88. The van der Waals surface area contributed by atoms with Gasteiger partial charge in [-0.3, -0.25) is 9.36 Å². The Morgan fingerprint density at radius 3 is 2.62 bits per heavy atom. The molecule has 5 rings (SSSR count). The molecule has 1 unspecified atom stereocenters. The smallest absolute Gasteiger partial charge is 0.417 e. The number of aromatic nitrogens is 4. The Balaban J connectivity index is 1.46. The second-order valence-corrected chi connectivity index (χ2v) is 10.7. The number of rotatable bonds is 3. The Kier molecular flexibility index (Phi) is 6.45. The van der Waals surface area contributed by atoms with Crippen LogP contribution in [0.25, 0.3) is 22.2 Å². The minimum Gasteiger partial charge on any atom is -0.457 e. The van der Waals surface area contributed by atoms with Gasteiger partial charge in [0.25, 0.3) is 5.56 Å². The van der Waals surface area contributed by atoms with Crippen molar-refractivity contribution in [2.75, 3.05) is 4.90 Å². The Labute approximate surface area is 222 Å². The molecule has 1 aliphatic heterocycles. The van der Waals surface area contributed by atoms with E-state index in [4.69, 9.17) is 14.5 Å². The fraction of sp³-hybridized carbons (Fsp3) is 0.296. The van der Waals surface area contributed by atoms with Crippen LogP contribution < -0.4 is 15.2 Å². The molecule has 0 spiro atoms. The topological polar surface area (TPSA) is 99.4 Å². The molecule has 0 saturated carbocycles. The quantitative estimate of drug-likeness (QED) is 0.284. The average molecular weight is 564 g/mol. The van der Waals surface area contributed by atoms with Crippen molar-refractivity contribution in [3.8, 4) is 22.8 Å². The molecule has 0 saturated heterocycles. The van der Waals surface area contributed by atoms with E-state index in [9.17, 15) is 9.59 Å². The van der Waals surface area contributed by atoms with Crippen LogP contribution in [0.15, 0.2) is 64.3 Å². The Morgan fingerprint density at radius 2 is 1.86 bits per heavy atom. The van der Waals surface area contributed by atoms with Crippen LogP contribution in [0.4, 0.5) is 10.7 Å². The van der Waals surface area contributed by atoms with Crippen molar-refractivity contribution in [2.24, 2.45) is 0 Å². The van der Waals surface area contributed by atoms with Gasteiger partial charge in [-0.05, 0) is 80.4 Å². The lowest BCUT2D eigenvalue weighted by Gasteiger charge is -2.35. The summed E-state index contributed by atoms with van der Waals surface area (Å²) in [5.74, 6) is 1.60. The number of hydrogen-bond acceptors (Lipinski definition) is 7. The summed E-state index contributed by atoms with van der Waals surface area (Å²) in [5.41, 5.74) is 0.683. The number of anilines is 1. The maximum Gasteiger partial charge on any atom is 0.417 e. The SMILES string of the molecule is CC1CCn2c(ncc(-c3ccc4cc(Oc5ccnc(Br)c5)ccc4n3)c2=O)N1C(=O)OC(C)(C)C. The third-order valence-electron chi connectivity index (χ3n) is 5.91. The lowest BCUT2D eigenvalue weighted by Crippen LogP contribution is -2.49. The molecule has 0 aliphatic carbocycles. The van der Waals surface area contributed by atoms with Crippen LogP contribution in [0.1, 0.15) is 34.1 Å². The van der Waals surface area contributed by atoms with Gasteiger partial charge in [-0.2, -0.15) is 0 Å². The molecule has 1 aromatic carbocycles. The van der Waals surface area contributed by atoms with Gasteiger partial charge in [0, 0.05) is 36.4 Å².